The Labute approximate surface area is 147 Å². The molecule has 0 saturated heterocycles. The minimum Gasteiger partial charge on any atom is -0.493 e. The van der Waals surface area contributed by atoms with E-state index in [1.165, 1.54) is 25.3 Å². The third-order valence-corrected chi connectivity index (χ3v) is 3.93. The molecule has 3 rings (SSSR count). The highest BCUT2D eigenvalue weighted by Crippen LogP contribution is 2.42. The fraction of sp³-hybridized carbons (Fsp3) is 0.222. The number of hydrogen-bond acceptors (Lipinski definition) is 3. The maximum Gasteiger partial charge on any atom is 0.429 e. The van der Waals surface area contributed by atoms with Gasteiger partial charge in [-0.3, -0.25) is 0 Å². The van der Waals surface area contributed by atoms with Crippen LogP contribution < -0.4 is 14.2 Å². The monoisotopic (exact) mass is 370 g/mol. The van der Waals surface area contributed by atoms with Crippen LogP contribution in [-0.4, -0.2) is 19.4 Å². The number of alkyl halides is 3. The number of aryl methyl sites for hydroxylation is 1. The summed E-state index contributed by atoms with van der Waals surface area (Å²) in [4.78, 5) is 0. The van der Waals surface area contributed by atoms with Gasteiger partial charge in [0.05, 0.1) is 12.1 Å². The number of ether oxygens (including phenoxy) is 3. The maximum atomic E-state index is 12.8. The molecule has 0 spiro atoms. The summed E-state index contributed by atoms with van der Waals surface area (Å²) in [6.07, 6.45) is -4.21. The van der Waals surface area contributed by atoms with E-state index in [0.717, 1.165) is 11.6 Å². The third kappa shape index (κ3) is 3.69. The molecule has 25 heavy (non-hydrogen) atoms. The van der Waals surface area contributed by atoms with E-state index in [1.807, 2.05) is 13.0 Å². The molecule has 132 valence electrons. The summed E-state index contributed by atoms with van der Waals surface area (Å²) in [6, 6.07) is 8.14. The van der Waals surface area contributed by atoms with Crippen molar-refractivity contribution in [2.24, 2.45) is 0 Å². The molecule has 3 nitrogen and oxygen atoms in total. The van der Waals surface area contributed by atoms with E-state index in [-0.39, 0.29) is 16.5 Å². The Hall–Kier alpha value is -2.34. The Balaban J connectivity index is 1.94. The minimum atomic E-state index is -4.49. The average molecular weight is 371 g/mol. The molecule has 0 saturated carbocycles. The zero-order valence-corrected chi connectivity index (χ0v) is 14.1. The smallest absolute Gasteiger partial charge is 0.429 e. The molecule has 0 aliphatic carbocycles. The van der Waals surface area contributed by atoms with Gasteiger partial charge in [-0.05, 0) is 36.8 Å². The van der Waals surface area contributed by atoms with Crippen molar-refractivity contribution in [3.05, 3.63) is 52.6 Å². The van der Waals surface area contributed by atoms with Gasteiger partial charge in [0, 0.05) is 11.6 Å². The first-order valence-corrected chi connectivity index (χ1v) is 7.73. The van der Waals surface area contributed by atoms with Crippen LogP contribution >= 0.6 is 11.6 Å². The fourth-order valence-corrected chi connectivity index (χ4v) is 2.59. The van der Waals surface area contributed by atoms with Crippen LogP contribution in [0.3, 0.4) is 0 Å². The molecule has 0 bridgehead atoms. The average Bonchev–Trinajstić information content (AvgIpc) is 2.55. The SMILES string of the molecule is COc1cc(C)ccc1Oc1cc2c(cc1Cl)C=C[C@@H](C(F)(F)F)O2. The molecule has 2 aromatic rings. The predicted molar refractivity (Wildman–Crippen MR) is 88.8 cm³/mol. The van der Waals surface area contributed by atoms with E-state index in [1.54, 1.807) is 12.1 Å². The molecule has 1 atom stereocenters. The second-order valence-electron chi connectivity index (χ2n) is 5.52. The first-order valence-electron chi connectivity index (χ1n) is 7.35. The predicted octanol–water partition coefficient (Wildman–Crippen LogP) is 5.79. The molecule has 1 aliphatic heterocycles. The van der Waals surface area contributed by atoms with E-state index in [4.69, 9.17) is 25.8 Å². The number of hydrogen-bond donors (Lipinski definition) is 0. The summed E-state index contributed by atoms with van der Waals surface area (Å²) in [7, 11) is 1.50. The molecule has 0 unspecified atom stereocenters. The molecule has 1 heterocycles. The van der Waals surface area contributed by atoms with Gasteiger partial charge in [-0.15, -0.1) is 0 Å². The normalized spacial score (nSPS) is 16.2. The molecule has 0 radical (unpaired) electrons. The van der Waals surface area contributed by atoms with Crippen LogP contribution in [0.15, 0.2) is 36.4 Å². The van der Waals surface area contributed by atoms with Gasteiger partial charge in [0.15, 0.2) is 11.5 Å². The molecule has 0 aromatic heterocycles. The van der Waals surface area contributed by atoms with Crippen molar-refractivity contribution < 1.29 is 27.4 Å². The maximum absolute atomic E-state index is 12.8. The van der Waals surface area contributed by atoms with E-state index in [0.29, 0.717) is 17.1 Å². The van der Waals surface area contributed by atoms with Crippen LogP contribution in [-0.2, 0) is 0 Å². The highest BCUT2D eigenvalue weighted by molar-refractivity contribution is 6.32. The lowest BCUT2D eigenvalue weighted by atomic mass is 10.1. The Morgan fingerprint density at radius 1 is 1.08 bits per heavy atom. The zero-order chi connectivity index (χ0) is 18.2. The Bertz CT molecular complexity index is 831. The summed E-state index contributed by atoms with van der Waals surface area (Å²) in [5.41, 5.74) is 1.43. The van der Waals surface area contributed by atoms with Crippen LogP contribution in [0.1, 0.15) is 11.1 Å². The van der Waals surface area contributed by atoms with Gasteiger partial charge >= 0.3 is 6.18 Å². The molecule has 2 aromatic carbocycles. The quantitative estimate of drug-likeness (QED) is 0.684. The van der Waals surface area contributed by atoms with Crippen molar-refractivity contribution in [2.45, 2.75) is 19.2 Å². The largest absolute Gasteiger partial charge is 0.493 e. The summed E-state index contributed by atoms with van der Waals surface area (Å²) >= 11 is 6.19. The van der Waals surface area contributed by atoms with Crippen LogP contribution in [0.4, 0.5) is 13.2 Å². The molecule has 1 aliphatic rings. The Kier molecular flexibility index (Phi) is 4.56. The van der Waals surface area contributed by atoms with Crippen LogP contribution in [0.5, 0.6) is 23.0 Å². The standard InChI is InChI=1S/C18H14ClF3O3/c1-10-3-5-13(16(7-10)23-2)24-15-9-14-11(8-12(15)19)4-6-17(25-14)18(20,21)22/h3-9,17H,1-2H3/t17-/m0/s1. The van der Waals surface area contributed by atoms with Crippen molar-refractivity contribution >= 4 is 17.7 Å². The first kappa shape index (κ1) is 17.5. The van der Waals surface area contributed by atoms with Crippen molar-refractivity contribution in [1.29, 1.82) is 0 Å². The van der Waals surface area contributed by atoms with Gasteiger partial charge in [0.2, 0.25) is 6.10 Å². The van der Waals surface area contributed by atoms with Crippen LogP contribution in [0, 0.1) is 6.92 Å². The number of methoxy groups -OCH3 is 1. The highest BCUT2D eigenvalue weighted by Gasteiger charge is 2.41. The number of halogens is 4. The topological polar surface area (TPSA) is 27.7 Å². The zero-order valence-electron chi connectivity index (χ0n) is 13.4. The van der Waals surface area contributed by atoms with E-state index in [9.17, 15) is 13.2 Å². The molecular formula is C18H14ClF3O3. The van der Waals surface area contributed by atoms with Crippen molar-refractivity contribution in [2.75, 3.05) is 7.11 Å². The lowest BCUT2D eigenvalue weighted by Crippen LogP contribution is -2.33. The van der Waals surface area contributed by atoms with E-state index < -0.39 is 12.3 Å². The van der Waals surface area contributed by atoms with Gasteiger partial charge < -0.3 is 14.2 Å². The van der Waals surface area contributed by atoms with Crippen LogP contribution in [0.2, 0.25) is 5.02 Å². The lowest BCUT2D eigenvalue weighted by molar-refractivity contribution is -0.180. The molecular weight excluding hydrogens is 357 g/mol. The van der Waals surface area contributed by atoms with Crippen molar-refractivity contribution in [3.63, 3.8) is 0 Å². The Morgan fingerprint density at radius 2 is 1.84 bits per heavy atom. The van der Waals surface area contributed by atoms with E-state index >= 15 is 0 Å². The molecule has 0 N–H and O–H groups in total. The van der Waals surface area contributed by atoms with Crippen molar-refractivity contribution in [3.8, 4) is 23.0 Å². The van der Waals surface area contributed by atoms with Gasteiger partial charge in [-0.25, -0.2) is 0 Å². The number of benzene rings is 2. The molecule has 0 fully saturated rings. The second kappa shape index (κ2) is 6.52. The highest BCUT2D eigenvalue weighted by atomic mass is 35.5. The number of rotatable bonds is 3. The third-order valence-electron chi connectivity index (χ3n) is 3.63. The minimum absolute atomic E-state index is 0.0512. The molecule has 0 amide bonds. The summed E-state index contributed by atoms with van der Waals surface area (Å²) in [6.45, 7) is 1.90. The van der Waals surface area contributed by atoms with Gasteiger partial charge in [0.1, 0.15) is 11.5 Å². The second-order valence-corrected chi connectivity index (χ2v) is 5.92. The van der Waals surface area contributed by atoms with Gasteiger partial charge in [-0.1, -0.05) is 23.7 Å². The number of fused-ring (bicyclic) bond motifs is 1. The molecule has 7 heteroatoms. The van der Waals surface area contributed by atoms with Crippen LogP contribution in [0.25, 0.3) is 6.08 Å². The van der Waals surface area contributed by atoms with Crippen molar-refractivity contribution in [1.82, 2.24) is 0 Å². The fourth-order valence-electron chi connectivity index (χ4n) is 2.38. The van der Waals surface area contributed by atoms with E-state index in [2.05, 4.69) is 0 Å². The van der Waals surface area contributed by atoms with Gasteiger partial charge in [-0.2, -0.15) is 13.2 Å². The lowest BCUT2D eigenvalue weighted by Gasteiger charge is -2.24. The summed E-state index contributed by atoms with van der Waals surface area (Å²) in [5.74, 6) is 1.12. The first-order chi connectivity index (χ1) is 11.8. The van der Waals surface area contributed by atoms with Gasteiger partial charge in [0.25, 0.3) is 0 Å². The summed E-state index contributed by atoms with van der Waals surface area (Å²) in [5, 5.41) is 0.250. The summed E-state index contributed by atoms with van der Waals surface area (Å²) < 4.78 is 54.6. The Morgan fingerprint density at radius 3 is 2.52 bits per heavy atom.